The molecule has 1 aromatic heterocycles. The first-order valence-corrected chi connectivity index (χ1v) is 6.96. The molecule has 1 aromatic rings. The molecule has 0 saturated carbocycles. The summed E-state index contributed by atoms with van der Waals surface area (Å²) in [5, 5.41) is 12.8. The zero-order valence-corrected chi connectivity index (χ0v) is 11.0. The van der Waals surface area contributed by atoms with Gasteiger partial charge in [-0.15, -0.1) is 0 Å². The molecule has 1 atom stereocenters. The average molecular weight is 305 g/mol. The van der Waals surface area contributed by atoms with E-state index in [9.17, 15) is 9.90 Å². The van der Waals surface area contributed by atoms with E-state index in [4.69, 9.17) is 0 Å². The summed E-state index contributed by atoms with van der Waals surface area (Å²) in [6, 6.07) is 1.71. The molecule has 1 saturated heterocycles. The molecule has 1 aliphatic rings. The molecule has 1 fully saturated rings. The minimum absolute atomic E-state index is 0.184. The highest BCUT2D eigenvalue weighted by Gasteiger charge is 2.32. The smallest absolute Gasteiger partial charge is 0.267 e. The number of hydrogen-bond acceptors (Lipinski definition) is 3. The van der Waals surface area contributed by atoms with E-state index in [2.05, 4.69) is 26.2 Å². The van der Waals surface area contributed by atoms with Crippen LogP contribution in [0.15, 0.2) is 16.7 Å². The van der Waals surface area contributed by atoms with E-state index in [1.807, 2.05) is 0 Å². The van der Waals surface area contributed by atoms with Crippen LogP contribution in [0.25, 0.3) is 0 Å². The lowest BCUT2D eigenvalue weighted by atomic mass is 10.0. The number of amides is 1. The van der Waals surface area contributed by atoms with Crippen molar-refractivity contribution >= 4 is 33.6 Å². The van der Waals surface area contributed by atoms with Crippen LogP contribution < -0.4 is 5.32 Å². The normalized spacial score (nSPS) is 24.6. The van der Waals surface area contributed by atoms with Gasteiger partial charge in [0.25, 0.3) is 5.91 Å². The average Bonchev–Trinajstić information content (AvgIpc) is 2.85. The number of aromatic nitrogens is 1. The van der Waals surface area contributed by atoms with Crippen LogP contribution in [0.4, 0.5) is 0 Å². The second-order valence-corrected chi connectivity index (χ2v) is 5.96. The molecular weight excluding hydrogens is 292 g/mol. The van der Waals surface area contributed by atoms with Gasteiger partial charge >= 0.3 is 0 Å². The summed E-state index contributed by atoms with van der Waals surface area (Å²) in [6.45, 7) is 0.315. The fraction of sp³-hybridized carbons (Fsp3) is 0.500. The Hall–Kier alpha value is -0.460. The third kappa shape index (κ3) is 2.81. The zero-order valence-electron chi connectivity index (χ0n) is 8.62. The number of aromatic amines is 1. The molecule has 1 unspecified atom stereocenters. The molecule has 0 aromatic carbocycles. The summed E-state index contributed by atoms with van der Waals surface area (Å²) < 4.78 is 0.841. The Kier molecular flexibility index (Phi) is 3.61. The maximum Gasteiger partial charge on any atom is 0.267 e. The fourth-order valence-electron chi connectivity index (χ4n) is 1.57. The molecule has 6 heteroatoms. The van der Waals surface area contributed by atoms with E-state index in [1.54, 1.807) is 24.0 Å². The van der Waals surface area contributed by atoms with Gasteiger partial charge in [0, 0.05) is 23.0 Å². The van der Waals surface area contributed by atoms with Gasteiger partial charge in [0.05, 0.1) is 5.60 Å². The number of carbonyl (C=O) groups excluding carboxylic acids is 1. The Morgan fingerprint density at radius 3 is 3.12 bits per heavy atom. The lowest BCUT2D eigenvalue weighted by molar-refractivity contribution is 0.0611. The second-order valence-electron chi connectivity index (χ2n) is 3.94. The molecule has 1 aliphatic heterocycles. The topological polar surface area (TPSA) is 65.1 Å². The first-order chi connectivity index (χ1) is 7.59. The number of aliphatic hydroxyl groups is 1. The lowest BCUT2D eigenvalue weighted by Gasteiger charge is -2.21. The SMILES string of the molecule is O=C(NCC1(O)CCSC1)c1cc(Br)c[nH]1. The van der Waals surface area contributed by atoms with Gasteiger partial charge in [-0.2, -0.15) is 11.8 Å². The molecule has 3 N–H and O–H groups in total. The van der Waals surface area contributed by atoms with Crippen LogP contribution in [0.2, 0.25) is 0 Å². The molecule has 2 rings (SSSR count). The van der Waals surface area contributed by atoms with Crippen LogP contribution in [0.3, 0.4) is 0 Å². The molecule has 0 spiro atoms. The van der Waals surface area contributed by atoms with Crippen molar-refractivity contribution in [3.05, 3.63) is 22.4 Å². The number of halogens is 1. The van der Waals surface area contributed by atoms with E-state index in [0.717, 1.165) is 16.6 Å². The van der Waals surface area contributed by atoms with Gasteiger partial charge in [-0.05, 0) is 34.2 Å². The van der Waals surface area contributed by atoms with Gasteiger partial charge in [-0.3, -0.25) is 4.79 Å². The maximum atomic E-state index is 11.7. The zero-order chi connectivity index (χ0) is 11.6. The highest BCUT2D eigenvalue weighted by Crippen LogP contribution is 2.27. The van der Waals surface area contributed by atoms with Crippen LogP contribution in [0.1, 0.15) is 16.9 Å². The van der Waals surface area contributed by atoms with E-state index < -0.39 is 5.60 Å². The predicted octanol–water partition coefficient (Wildman–Crippen LogP) is 1.38. The highest BCUT2D eigenvalue weighted by molar-refractivity contribution is 9.10. The molecular formula is C10H13BrN2O2S. The van der Waals surface area contributed by atoms with Crippen molar-refractivity contribution < 1.29 is 9.90 Å². The van der Waals surface area contributed by atoms with Gasteiger partial charge in [-0.25, -0.2) is 0 Å². The van der Waals surface area contributed by atoms with Crippen molar-refractivity contribution in [1.29, 1.82) is 0 Å². The van der Waals surface area contributed by atoms with Gasteiger partial charge in [0.2, 0.25) is 0 Å². The van der Waals surface area contributed by atoms with Crippen LogP contribution in [0, 0.1) is 0 Å². The molecule has 0 bridgehead atoms. The van der Waals surface area contributed by atoms with Gasteiger partial charge in [-0.1, -0.05) is 0 Å². The van der Waals surface area contributed by atoms with E-state index >= 15 is 0 Å². The molecule has 16 heavy (non-hydrogen) atoms. The number of thioether (sulfide) groups is 1. The monoisotopic (exact) mass is 304 g/mol. The van der Waals surface area contributed by atoms with E-state index in [0.29, 0.717) is 18.0 Å². The van der Waals surface area contributed by atoms with Gasteiger partial charge < -0.3 is 15.4 Å². The summed E-state index contributed by atoms with van der Waals surface area (Å²) in [6.07, 6.45) is 2.45. The van der Waals surface area contributed by atoms with Crippen molar-refractivity contribution in [3.63, 3.8) is 0 Å². The Bertz CT molecular complexity index is 388. The van der Waals surface area contributed by atoms with E-state index in [1.165, 1.54) is 0 Å². The van der Waals surface area contributed by atoms with Crippen LogP contribution in [-0.4, -0.2) is 39.6 Å². The first kappa shape index (κ1) is 12.0. The first-order valence-electron chi connectivity index (χ1n) is 5.01. The number of nitrogens with one attached hydrogen (secondary N) is 2. The lowest BCUT2D eigenvalue weighted by Crippen LogP contribution is -2.43. The maximum absolute atomic E-state index is 11.7. The second kappa shape index (κ2) is 4.81. The van der Waals surface area contributed by atoms with Crippen molar-refractivity contribution in [2.75, 3.05) is 18.1 Å². The third-order valence-electron chi connectivity index (χ3n) is 2.55. The quantitative estimate of drug-likeness (QED) is 0.790. The van der Waals surface area contributed by atoms with Crippen LogP contribution in [-0.2, 0) is 0 Å². The Morgan fingerprint density at radius 1 is 1.75 bits per heavy atom. The predicted molar refractivity (Wildman–Crippen MR) is 67.7 cm³/mol. The standard InChI is InChI=1S/C10H13BrN2O2S/c11-7-3-8(12-4-7)9(14)13-5-10(15)1-2-16-6-10/h3-4,12,15H,1-2,5-6H2,(H,13,14). The third-order valence-corrected chi connectivity index (χ3v) is 4.25. The summed E-state index contributed by atoms with van der Waals surface area (Å²) in [5.41, 5.74) is -0.231. The molecule has 1 amide bonds. The molecule has 4 nitrogen and oxygen atoms in total. The highest BCUT2D eigenvalue weighted by atomic mass is 79.9. The van der Waals surface area contributed by atoms with Gasteiger partial charge in [0.1, 0.15) is 5.69 Å². The van der Waals surface area contributed by atoms with Gasteiger partial charge in [0.15, 0.2) is 0 Å². The molecule has 0 radical (unpaired) electrons. The number of carbonyl (C=O) groups is 1. The van der Waals surface area contributed by atoms with Crippen molar-refractivity contribution in [2.45, 2.75) is 12.0 Å². The molecule has 2 heterocycles. The summed E-state index contributed by atoms with van der Waals surface area (Å²) in [7, 11) is 0. The van der Waals surface area contributed by atoms with Crippen molar-refractivity contribution in [3.8, 4) is 0 Å². The summed E-state index contributed by atoms with van der Waals surface area (Å²) >= 11 is 4.98. The molecule has 0 aliphatic carbocycles. The van der Waals surface area contributed by atoms with Crippen LogP contribution >= 0.6 is 27.7 Å². The number of rotatable bonds is 3. The van der Waals surface area contributed by atoms with E-state index in [-0.39, 0.29) is 5.91 Å². The number of H-pyrrole nitrogens is 1. The summed E-state index contributed by atoms with van der Waals surface area (Å²) in [4.78, 5) is 14.5. The van der Waals surface area contributed by atoms with Crippen molar-refractivity contribution in [1.82, 2.24) is 10.3 Å². The summed E-state index contributed by atoms with van der Waals surface area (Å²) in [5.74, 6) is 1.47. The number of hydrogen-bond donors (Lipinski definition) is 3. The fourth-order valence-corrected chi connectivity index (χ4v) is 3.21. The Morgan fingerprint density at radius 2 is 2.56 bits per heavy atom. The Balaban J connectivity index is 1.88. The van der Waals surface area contributed by atoms with Crippen molar-refractivity contribution in [2.24, 2.45) is 0 Å². The largest absolute Gasteiger partial charge is 0.387 e. The minimum Gasteiger partial charge on any atom is -0.387 e. The Labute approximate surface area is 106 Å². The van der Waals surface area contributed by atoms with Crippen LogP contribution in [0.5, 0.6) is 0 Å². The minimum atomic E-state index is -0.732. The molecule has 88 valence electrons.